The van der Waals surface area contributed by atoms with Gasteiger partial charge in [0.15, 0.2) is 0 Å². The Morgan fingerprint density at radius 3 is 2.12 bits per heavy atom. The summed E-state index contributed by atoms with van der Waals surface area (Å²) in [4.78, 5) is 25.1. The zero-order valence-electron chi connectivity index (χ0n) is 14.7. The fourth-order valence-electron chi connectivity index (χ4n) is 4.10. The van der Waals surface area contributed by atoms with Crippen molar-refractivity contribution in [3.8, 4) is 5.75 Å². The van der Waals surface area contributed by atoms with Gasteiger partial charge >= 0.3 is 0 Å². The Kier molecular flexibility index (Phi) is 3.56. The Labute approximate surface area is 147 Å². The molecule has 1 aromatic carbocycles. The summed E-state index contributed by atoms with van der Waals surface area (Å²) in [6.45, 7) is 5.98. The highest BCUT2D eigenvalue weighted by Gasteiger charge is 2.59. The maximum absolute atomic E-state index is 12.6. The predicted molar refractivity (Wildman–Crippen MR) is 94.0 cm³/mol. The summed E-state index contributed by atoms with van der Waals surface area (Å²) in [5.74, 6) is 0.465. The fourth-order valence-corrected chi connectivity index (χ4v) is 4.10. The number of ether oxygens (including phenoxy) is 1. The number of allylic oxidation sites excluding steroid dienone is 2. The quantitative estimate of drug-likeness (QED) is 0.484. The SMILES string of the molecule is CC(C)(C)Oc1ccc(C=NN2C(=O)[C@@H]3[C@H](C2=O)[C@H]2C=C[C@H]3C2)cc1. The van der Waals surface area contributed by atoms with E-state index in [1.54, 1.807) is 6.21 Å². The third-order valence-corrected chi connectivity index (χ3v) is 5.07. The van der Waals surface area contributed by atoms with Crippen LogP contribution in [0.5, 0.6) is 5.75 Å². The van der Waals surface area contributed by atoms with Crippen molar-refractivity contribution in [2.75, 3.05) is 0 Å². The van der Waals surface area contributed by atoms with Gasteiger partial charge in [-0.1, -0.05) is 12.2 Å². The van der Waals surface area contributed by atoms with Crippen LogP contribution in [-0.2, 0) is 9.59 Å². The predicted octanol–water partition coefficient (Wildman–Crippen LogP) is 3.00. The first-order valence-corrected chi connectivity index (χ1v) is 8.73. The van der Waals surface area contributed by atoms with Crippen LogP contribution in [-0.4, -0.2) is 28.6 Å². The van der Waals surface area contributed by atoms with E-state index in [1.807, 2.05) is 45.0 Å². The Balaban J connectivity index is 1.47. The molecule has 2 amide bonds. The summed E-state index contributed by atoms with van der Waals surface area (Å²) in [5.41, 5.74) is 0.565. The number of hydrogen-bond acceptors (Lipinski definition) is 4. The lowest BCUT2D eigenvalue weighted by atomic mass is 9.85. The molecular formula is C20H22N2O3. The number of benzene rings is 1. The van der Waals surface area contributed by atoms with Crippen LogP contribution in [0.2, 0.25) is 0 Å². The average molecular weight is 338 g/mol. The molecule has 25 heavy (non-hydrogen) atoms. The second-order valence-electron chi connectivity index (χ2n) is 8.02. The van der Waals surface area contributed by atoms with Crippen molar-refractivity contribution in [3.05, 3.63) is 42.0 Å². The average Bonchev–Trinajstić information content (AvgIpc) is 3.21. The molecule has 0 unspecified atom stereocenters. The number of carbonyl (C=O) groups excluding carboxylic acids is 2. The molecule has 4 atom stereocenters. The molecule has 5 heteroatoms. The third kappa shape index (κ3) is 2.77. The van der Waals surface area contributed by atoms with Crippen molar-refractivity contribution in [1.82, 2.24) is 5.01 Å². The molecule has 0 radical (unpaired) electrons. The van der Waals surface area contributed by atoms with Crippen LogP contribution in [0.4, 0.5) is 0 Å². The van der Waals surface area contributed by atoms with E-state index >= 15 is 0 Å². The molecule has 1 heterocycles. The summed E-state index contributed by atoms with van der Waals surface area (Å²) >= 11 is 0. The Morgan fingerprint density at radius 1 is 1.04 bits per heavy atom. The topological polar surface area (TPSA) is 59.0 Å². The van der Waals surface area contributed by atoms with Crippen LogP contribution in [0.1, 0.15) is 32.8 Å². The van der Waals surface area contributed by atoms with Crippen molar-refractivity contribution >= 4 is 18.0 Å². The first-order valence-electron chi connectivity index (χ1n) is 8.73. The second kappa shape index (κ2) is 5.55. The molecule has 2 aliphatic carbocycles. The molecule has 3 aliphatic rings. The largest absolute Gasteiger partial charge is 0.488 e. The number of rotatable bonds is 3. The van der Waals surface area contributed by atoms with Gasteiger partial charge in [0.1, 0.15) is 11.4 Å². The van der Waals surface area contributed by atoms with Crippen molar-refractivity contribution < 1.29 is 14.3 Å². The van der Waals surface area contributed by atoms with E-state index in [9.17, 15) is 9.59 Å². The molecular weight excluding hydrogens is 316 g/mol. The lowest BCUT2D eigenvalue weighted by molar-refractivity contribution is -0.140. The summed E-state index contributed by atoms with van der Waals surface area (Å²) in [7, 11) is 0. The summed E-state index contributed by atoms with van der Waals surface area (Å²) in [6, 6.07) is 7.45. The van der Waals surface area contributed by atoms with Gasteiger partial charge in [0, 0.05) is 0 Å². The van der Waals surface area contributed by atoms with Crippen LogP contribution < -0.4 is 4.74 Å². The lowest BCUT2D eigenvalue weighted by Crippen LogP contribution is -2.28. The van der Waals surface area contributed by atoms with E-state index in [-0.39, 0.29) is 41.1 Å². The first-order chi connectivity index (χ1) is 11.8. The maximum atomic E-state index is 12.6. The first kappa shape index (κ1) is 16.1. The van der Waals surface area contributed by atoms with E-state index in [1.165, 1.54) is 0 Å². The van der Waals surface area contributed by atoms with Gasteiger partial charge in [-0.2, -0.15) is 10.1 Å². The molecule has 2 bridgehead atoms. The van der Waals surface area contributed by atoms with E-state index < -0.39 is 0 Å². The van der Waals surface area contributed by atoms with Crippen LogP contribution in [0.15, 0.2) is 41.5 Å². The molecule has 130 valence electrons. The number of imide groups is 1. The van der Waals surface area contributed by atoms with Gasteiger partial charge < -0.3 is 4.74 Å². The summed E-state index contributed by atoms with van der Waals surface area (Å²) < 4.78 is 5.78. The number of hydrogen-bond donors (Lipinski definition) is 0. The van der Waals surface area contributed by atoms with Gasteiger partial charge in [0.2, 0.25) is 0 Å². The summed E-state index contributed by atoms with van der Waals surface area (Å²) in [5, 5.41) is 5.25. The molecule has 1 saturated carbocycles. The molecule has 0 N–H and O–H groups in total. The standard InChI is InChI=1S/C20H22N2O3/c1-20(2,3)25-15-8-4-12(5-9-15)11-21-22-18(23)16-13-6-7-14(10-13)17(16)19(22)24/h4-9,11,13-14,16-17H,10H2,1-3H3/t13-,14-,16-,17+/m0/s1. The van der Waals surface area contributed by atoms with Gasteiger partial charge in [-0.25, -0.2) is 0 Å². The molecule has 1 saturated heterocycles. The van der Waals surface area contributed by atoms with Crippen LogP contribution in [0.25, 0.3) is 0 Å². The van der Waals surface area contributed by atoms with Gasteiger partial charge in [-0.05, 0) is 68.9 Å². The molecule has 5 nitrogen and oxygen atoms in total. The van der Waals surface area contributed by atoms with E-state index in [0.717, 1.165) is 22.7 Å². The highest BCUT2D eigenvalue weighted by molar-refractivity contribution is 6.06. The molecule has 4 rings (SSSR count). The van der Waals surface area contributed by atoms with E-state index in [2.05, 4.69) is 17.3 Å². The highest BCUT2D eigenvalue weighted by atomic mass is 16.5. The minimum absolute atomic E-state index is 0.157. The number of hydrazone groups is 1. The smallest absolute Gasteiger partial charge is 0.254 e. The van der Waals surface area contributed by atoms with Crippen LogP contribution in [0.3, 0.4) is 0 Å². The number of nitrogens with zero attached hydrogens (tertiary/aromatic N) is 2. The van der Waals surface area contributed by atoms with Crippen LogP contribution >= 0.6 is 0 Å². The van der Waals surface area contributed by atoms with Crippen molar-refractivity contribution in [2.45, 2.75) is 32.8 Å². The third-order valence-electron chi connectivity index (χ3n) is 5.07. The minimum Gasteiger partial charge on any atom is -0.488 e. The summed E-state index contributed by atoms with van der Waals surface area (Å²) in [6.07, 6.45) is 6.66. The van der Waals surface area contributed by atoms with Crippen molar-refractivity contribution in [2.24, 2.45) is 28.8 Å². The van der Waals surface area contributed by atoms with Crippen LogP contribution in [0, 0.1) is 23.7 Å². The normalized spacial score (nSPS) is 30.6. The monoisotopic (exact) mass is 338 g/mol. The van der Waals surface area contributed by atoms with Gasteiger partial charge in [-0.15, -0.1) is 0 Å². The van der Waals surface area contributed by atoms with Crippen molar-refractivity contribution in [3.63, 3.8) is 0 Å². The number of carbonyl (C=O) groups is 2. The van der Waals surface area contributed by atoms with Gasteiger partial charge in [-0.3, -0.25) is 9.59 Å². The molecule has 1 aromatic rings. The Morgan fingerprint density at radius 2 is 1.60 bits per heavy atom. The molecule has 0 spiro atoms. The zero-order valence-corrected chi connectivity index (χ0v) is 14.7. The molecule has 2 fully saturated rings. The van der Waals surface area contributed by atoms with Crippen molar-refractivity contribution in [1.29, 1.82) is 0 Å². The number of fused-ring (bicyclic) bond motifs is 5. The van der Waals surface area contributed by atoms with Gasteiger partial charge in [0.05, 0.1) is 18.1 Å². The lowest BCUT2D eigenvalue weighted by Gasteiger charge is -2.21. The van der Waals surface area contributed by atoms with Gasteiger partial charge in [0.25, 0.3) is 11.8 Å². The molecule has 0 aromatic heterocycles. The zero-order chi connectivity index (χ0) is 17.8. The maximum Gasteiger partial charge on any atom is 0.254 e. The Hall–Kier alpha value is -2.43. The van der Waals surface area contributed by atoms with E-state index in [0.29, 0.717) is 0 Å². The van der Waals surface area contributed by atoms with E-state index in [4.69, 9.17) is 4.74 Å². The highest BCUT2D eigenvalue weighted by Crippen LogP contribution is 2.52. The minimum atomic E-state index is -0.255. The second-order valence-corrected chi connectivity index (χ2v) is 8.02. The Bertz CT molecular complexity index is 743. The fraction of sp³-hybridized carbons (Fsp3) is 0.450. The molecule has 1 aliphatic heterocycles. The number of amides is 2.